The van der Waals surface area contributed by atoms with Gasteiger partial charge in [-0.2, -0.15) is 0 Å². The molecule has 0 aliphatic carbocycles. The van der Waals surface area contributed by atoms with Crippen LogP contribution in [-0.2, 0) is 4.79 Å². The smallest absolute Gasteiger partial charge is 0.270 e. The Kier molecular flexibility index (Phi) is 4.53. The molecule has 1 aliphatic heterocycles. The third-order valence-corrected chi connectivity index (χ3v) is 3.93. The molecule has 0 spiro atoms. The highest BCUT2D eigenvalue weighted by Crippen LogP contribution is 2.21. The molecule has 0 saturated carbocycles. The Morgan fingerprint density at radius 3 is 2.85 bits per heavy atom. The number of hydrogen-bond donors (Lipinski definition) is 1. The van der Waals surface area contributed by atoms with E-state index in [1.807, 2.05) is 22.6 Å². The van der Waals surface area contributed by atoms with Crippen LogP contribution in [-0.4, -0.2) is 41.3 Å². The van der Waals surface area contributed by atoms with Crippen LogP contribution in [0.1, 0.15) is 16.8 Å². The second-order valence-corrected chi connectivity index (χ2v) is 5.48. The fraction of sp³-hybridized carbons (Fsp3) is 0.333. The van der Waals surface area contributed by atoms with Crippen molar-refractivity contribution in [2.75, 3.05) is 19.6 Å². The van der Waals surface area contributed by atoms with Crippen molar-refractivity contribution in [3.05, 3.63) is 37.4 Å². The topological polar surface area (TPSA) is 92.5 Å². The Morgan fingerprint density at radius 2 is 2.15 bits per heavy atom. The number of benzene rings is 1. The summed E-state index contributed by atoms with van der Waals surface area (Å²) in [5.74, 6) is -0.372. The van der Waals surface area contributed by atoms with Crippen LogP contribution in [0.25, 0.3) is 0 Å². The third kappa shape index (κ3) is 3.24. The van der Waals surface area contributed by atoms with Crippen molar-refractivity contribution in [2.45, 2.75) is 6.42 Å². The first kappa shape index (κ1) is 14.7. The van der Waals surface area contributed by atoms with Crippen LogP contribution in [0.15, 0.2) is 18.2 Å². The molecular formula is C12H12IN3O4. The van der Waals surface area contributed by atoms with Gasteiger partial charge >= 0.3 is 0 Å². The summed E-state index contributed by atoms with van der Waals surface area (Å²) >= 11 is 1.97. The zero-order valence-corrected chi connectivity index (χ0v) is 12.6. The quantitative estimate of drug-likeness (QED) is 0.467. The van der Waals surface area contributed by atoms with Gasteiger partial charge in [0.2, 0.25) is 5.91 Å². The van der Waals surface area contributed by atoms with Gasteiger partial charge in [-0.1, -0.05) is 0 Å². The zero-order valence-electron chi connectivity index (χ0n) is 10.5. The molecule has 106 valence electrons. The number of carbonyl (C=O) groups excluding carboxylic acids is 2. The second-order valence-electron chi connectivity index (χ2n) is 4.31. The van der Waals surface area contributed by atoms with Crippen molar-refractivity contribution in [3.8, 4) is 0 Å². The number of nitro groups is 1. The monoisotopic (exact) mass is 389 g/mol. The molecule has 2 amide bonds. The van der Waals surface area contributed by atoms with E-state index < -0.39 is 4.92 Å². The van der Waals surface area contributed by atoms with Gasteiger partial charge in [0.05, 0.1) is 10.5 Å². The minimum atomic E-state index is -0.527. The Morgan fingerprint density at radius 1 is 1.40 bits per heavy atom. The summed E-state index contributed by atoms with van der Waals surface area (Å²) in [4.78, 5) is 35.5. The molecule has 1 aromatic rings. The van der Waals surface area contributed by atoms with Crippen LogP contribution in [0.2, 0.25) is 0 Å². The molecule has 0 radical (unpaired) electrons. The molecule has 8 heteroatoms. The van der Waals surface area contributed by atoms with Crippen LogP contribution >= 0.6 is 22.6 Å². The number of rotatable bonds is 2. The van der Waals surface area contributed by atoms with Crippen molar-refractivity contribution >= 4 is 40.1 Å². The molecule has 1 fully saturated rings. The molecule has 0 aromatic heterocycles. The second kappa shape index (κ2) is 6.16. The van der Waals surface area contributed by atoms with E-state index >= 15 is 0 Å². The molecule has 2 rings (SSSR count). The maximum atomic E-state index is 12.4. The Hall–Kier alpha value is -1.71. The van der Waals surface area contributed by atoms with Crippen LogP contribution in [0, 0.1) is 13.7 Å². The molecular weight excluding hydrogens is 377 g/mol. The van der Waals surface area contributed by atoms with Gasteiger partial charge < -0.3 is 10.2 Å². The maximum absolute atomic E-state index is 12.4. The molecule has 0 bridgehead atoms. The molecule has 0 atom stereocenters. The van der Waals surface area contributed by atoms with Gasteiger partial charge in [0.15, 0.2) is 0 Å². The van der Waals surface area contributed by atoms with Gasteiger partial charge in [0, 0.05) is 41.8 Å². The van der Waals surface area contributed by atoms with E-state index in [1.54, 1.807) is 11.0 Å². The lowest BCUT2D eigenvalue weighted by Crippen LogP contribution is -2.34. The third-order valence-electron chi connectivity index (χ3n) is 2.99. The summed E-state index contributed by atoms with van der Waals surface area (Å²) in [5, 5.41) is 13.5. The van der Waals surface area contributed by atoms with Crippen LogP contribution in [0.4, 0.5) is 5.69 Å². The number of nitrogens with zero attached hydrogens (tertiary/aromatic N) is 2. The van der Waals surface area contributed by atoms with Gasteiger partial charge in [0.1, 0.15) is 0 Å². The first-order chi connectivity index (χ1) is 9.49. The van der Waals surface area contributed by atoms with E-state index in [2.05, 4.69) is 5.32 Å². The van der Waals surface area contributed by atoms with E-state index in [-0.39, 0.29) is 23.9 Å². The van der Waals surface area contributed by atoms with E-state index in [4.69, 9.17) is 0 Å². The summed E-state index contributed by atoms with van der Waals surface area (Å²) in [6.45, 7) is 1.13. The highest BCUT2D eigenvalue weighted by atomic mass is 127. The van der Waals surface area contributed by atoms with E-state index in [1.165, 1.54) is 12.1 Å². The molecule has 0 unspecified atom stereocenters. The first-order valence-electron chi connectivity index (χ1n) is 5.99. The Labute approximate surface area is 128 Å². The number of non-ortho nitro benzene ring substituents is 1. The number of amides is 2. The molecule has 1 aromatic carbocycles. The summed E-state index contributed by atoms with van der Waals surface area (Å²) in [7, 11) is 0. The molecule has 1 N–H and O–H groups in total. The lowest BCUT2D eigenvalue weighted by molar-refractivity contribution is -0.384. The molecule has 7 nitrogen and oxygen atoms in total. The Bertz CT molecular complexity index is 576. The highest BCUT2D eigenvalue weighted by Gasteiger charge is 2.23. The summed E-state index contributed by atoms with van der Waals surface area (Å²) in [6, 6.07) is 4.20. The van der Waals surface area contributed by atoms with Gasteiger partial charge in [0.25, 0.3) is 11.6 Å². The van der Waals surface area contributed by atoms with Gasteiger partial charge in [-0.15, -0.1) is 0 Å². The van der Waals surface area contributed by atoms with Crippen LogP contribution < -0.4 is 5.32 Å². The average molecular weight is 389 g/mol. The lowest BCUT2D eigenvalue weighted by atomic mass is 10.1. The number of nitrogens with one attached hydrogen (secondary N) is 1. The summed E-state index contributed by atoms with van der Waals surface area (Å²) in [5.41, 5.74) is 0.187. The SMILES string of the molecule is O=C1CCN(C(=O)c2cc([N+](=O)[O-])ccc2I)CCN1. The highest BCUT2D eigenvalue weighted by molar-refractivity contribution is 14.1. The maximum Gasteiger partial charge on any atom is 0.270 e. The van der Waals surface area contributed by atoms with Crippen molar-refractivity contribution in [2.24, 2.45) is 0 Å². The first-order valence-corrected chi connectivity index (χ1v) is 7.07. The minimum absolute atomic E-state index is 0.0889. The number of nitro benzene ring substituents is 1. The fourth-order valence-corrected chi connectivity index (χ4v) is 2.50. The van der Waals surface area contributed by atoms with Crippen molar-refractivity contribution in [3.63, 3.8) is 0 Å². The molecule has 1 saturated heterocycles. The Balaban J connectivity index is 2.25. The van der Waals surface area contributed by atoms with Crippen LogP contribution in [0.3, 0.4) is 0 Å². The number of carbonyl (C=O) groups is 2. The van der Waals surface area contributed by atoms with Gasteiger partial charge in [-0.05, 0) is 28.7 Å². The predicted octanol–water partition coefficient (Wildman–Crippen LogP) is 1.16. The predicted molar refractivity (Wildman–Crippen MR) is 79.3 cm³/mol. The summed E-state index contributed by atoms with van der Waals surface area (Å²) < 4.78 is 0.654. The standard InChI is InChI=1S/C12H12IN3O4/c13-10-2-1-8(16(19)20)7-9(10)12(18)15-5-3-11(17)14-4-6-15/h1-2,7H,3-6H2,(H,14,17). The van der Waals surface area contributed by atoms with Gasteiger partial charge in [-0.25, -0.2) is 0 Å². The largest absolute Gasteiger partial charge is 0.354 e. The van der Waals surface area contributed by atoms with Crippen LogP contribution in [0.5, 0.6) is 0 Å². The van der Waals surface area contributed by atoms with E-state index in [0.29, 0.717) is 28.8 Å². The average Bonchev–Trinajstić information content (AvgIpc) is 2.63. The van der Waals surface area contributed by atoms with Crippen molar-refractivity contribution < 1.29 is 14.5 Å². The molecule has 1 heterocycles. The summed E-state index contributed by atoms with van der Waals surface area (Å²) in [6.07, 6.45) is 0.247. The number of hydrogen-bond acceptors (Lipinski definition) is 4. The fourth-order valence-electron chi connectivity index (χ4n) is 1.93. The minimum Gasteiger partial charge on any atom is -0.354 e. The van der Waals surface area contributed by atoms with E-state index in [9.17, 15) is 19.7 Å². The van der Waals surface area contributed by atoms with Crippen molar-refractivity contribution in [1.82, 2.24) is 10.2 Å². The zero-order chi connectivity index (χ0) is 14.7. The molecule has 1 aliphatic rings. The molecule has 20 heavy (non-hydrogen) atoms. The lowest BCUT2D eigenvalue weighted by Gasteiger charge is -2.20. The van der Waals surface area contributed by atoms with E-state index in [0.717, 1.165) is 0 Å². The van der Waals surface area contributed by atoms with Crippen molar-refractivity contribution in [1.29, 1.82) is 0 Å². The normalized spacial score (nSPS) is 15.4. The van der Waals surface area contributed by atoms with Gasteiger partial charge in [-0.3, -0.25) is 19.7 Å². The number of halogens is 1.